The van der Waals surface area contributed by atoms with Gasteiger partial charge in [-0.25, -0.2) is 4.68 Å². The Morgan fingerprint density at radius 3 is 2.70 bits per heavy atom. The molecule has 23 heavy (non-hydrogen) atoms. The molecular weight excluding hydrogens is 288 g/mol. The number of hydrogen-bond acceptors (Lipinski definition) is 3. The van der Waals surface area contributed by atoms with Crippen LogP contribution in [0, 0.1) is 0 Å². The van der Waals surface area contributed by atoms with Crippen molar-refractivity contribution in [1.82, 2.24) is 15.1 Å². The average molecular weight is 312 g/mol. The lowest BCUT2D eigenvalue weighted by Gasteiger charge is -2.08. The Labute approximate surface area is 137 Å². The van der Waals surface area contributed by atoms with E-state index >= 15 is 0 Å². The third kappa shape index (κ3) is 3.79. The Bertz CT molecular complexity index is 644. The van der Waals surface area contributed by atoms with Crippen LogP contribution in [0.25, 0.3) is 5.69 Å². The van der Waals surface area contributed by atoms with Crippen LogP contribution in [0.3, 0.4) is 0 Å². The molecular formula is C18H24N4O. The Hall–Kier alpha value is -2.14. The summed E-state index contributed by atoms with van der Waals surface area (Å²) in [5.74, 6) is 1.29. The first-order valence-corrected chi connectivity index (χ1v) is 8.38. The van der Waals surface area contributed by atoms with E-state index in [0.29, 0.717) is 18.9 Å². The van der Waals surface area contributed by atoms with Crippen molar-refractivity contribution in [1.29, 1.82) is 0 Å². The van der Waals surface area contributed by atoms with Gasteiger partial charge in [0, 0.05) is 24.9 Å². The predicted molar refractivity (Wildman–Crippen MR) is 91.9 cm³/mol. The number of anilines is 1. The maximum atomic E-state index is 12.1. The number of rotatable bonds is 6. The van der Waals surface area contributed by atoms with Crippen LogP contribution in [0.15, 0.2) is 36.4 Å². The molecule has 122 valence electrons. The third-order valence-corrected chi connectivity index (χ3v) is 4.37. The van der Waals surface area contributed by atoms with Crippen molar-refractivity contribution >= 4 is 11.7 Å². The monoisotopic (exact) mass is 312 g/mol. The van der Waals surface area contributed by atoms with Crippen molar-refractivity contribution in [2.45, 2.75) is 38.0 Å². The Morgan fingerprint density at radius 1 is 1.26 bits per heavy atom. The average Bonchev–Trinajstić information content (AvgIpc) is 3.23. The van der Waals surface area contributed by atoms with Crippen LogP contribution in [-0.4, -0.2) is 29.3 Å². The molecule has 0 aliphatic heterocycles. The number of carbonyl (C=O) groups is 1. The van der Waals surface area contributed by atoms with Crippen molar-refractivity contribution in [3.05, 3.63) is 42.1 Å². The van der Waals surface area contributed by atoms with Gasteiger partial charge < -0.3 is 10.6 Å². The highest BCUT2D eigenvalue weighted by Crippen LogP contribution is 2.35. The van der Waals surface area contributed by atoms with Gasteiger partial charge in [-0.1, -0.05) is 31.0 Å². The molecule has 0 unspecified atom stereocenters. The predicted octanol–water partition coefficient (Wildman–Crippen LogP) is 3.08. The molecule has 1 fully saturated rings. The van der Waals surface area contributed by atoms with Crippen LogP contribution >= 0.6 is 0 Å². The first-order valence-electron chi connectivity index (χ1n) is 8.38. The van der Waals surface area contributed by atoms with Crippen LogP contribution in [-0.2, 0) is 4.79 Å². The van der Waals surface area contributed by atoms with Gasteiger partial charge in [-0.05, 0) is 32.0 Å². The number of aromatic nitrogens is 2. The fourth-order valence-electron chi connectivity index (χ4n) is 3.12. The summed E-state index contributed by atoms with van der Waals surface area (Å²) in [5.41, 5.74) is 2.07. The van der Waals surface area contributed by atoms with Crippen molar-refractivity contribution in [2.24, 2.45) is 0 Å². The van der Waals surface area contributed by atoms with Crippen molar-refractivity contribution in [3.63, 3.8) is 0 Å². The van der Waals surface area contributed by atoms with E-state index in [1.165, 1.54) is 25.7 Å². The molecule has 2 aromatic rings. The van der Waals surface area contributed by atoms with Gasteiger partial charge in [0.25, 0.3) is 0 Å². The van der Waals surface area contributed by atoms with Crippen LogP contribution < -0.4 is 10.6 Å². The van der Waals surface area contributed by atoms with Gasteiger partial charge in [0.1, 0.15) is 5.82 Å². The van der Waals surface area contributed by atoms with Crippen LogP contribution in [0.2, 0.25) is 0 Å². The minimum absolute atomic E-state index is 0.00871. The van der Waals surface area contributed by atoms with E-state index in [1.54, 1.807) is 0 Å². The second-order valence-corrected chi connectivity index (χ2v) is 6.08. The molecule has 0 spiro atoms. The van der Waals surface area contributed by atoms with Crippen LogP contribution in [0.4, 0.5) is 5.82 Å². The summed E-state index contributed by atoms with van der Waals surface area (Å²) in [4.78, 5) is 12.1. The quantitative estimate of drug-likeness (QED) is 0.862. The highest BCUT2D eigenvalue weighted by Gasteiger charge is 2.22. The maximum Gasteiger partial charge on any atom is 0.226 e. The van der Waals surface area contributed by atoms with Gasteiger partial charge in [0.05, 0.1) is 11.4 Å². The Morgan fingerprint density at radius 2 is 2.00 bits per heavy atom. The fourth-order valence-corrected chi connectivity index (χ4v) is 3.12. The van der Waals surface area contributed by atoms with E-state index in [9.17, 15) is 4.79 Å². The van der Waals surface area contributed by atoms with Gasteiger partial charge in [-0.2, -0.15) is 5.10 Å². The number of carbonyl (C=O) groups excluding carboxylic acids is 1. The summed E-state index contributed by atoms with van der Waals surface area (Å²) in [6, 6.07) is 12.0. The standard InChI is InChI=1S/C18H24N4O/c1-19-12-11-18(23)20-17-13-16(14-7-5-6-8-14)21-22(17)15-9-3-2-4-10-15/h2-4,9-10,13-14,19H,5-8,11-12H2,1H3,(H,20,23). The molecule has 1 heterocycles. The molecule has 1 aromatic carbocycles. The molecule has 1 amide bonds. The largest absolute Gasteiger partial charge is 0.319 e. The highest BCUT2D eigenvalue weighted by molar-refractivity contribution is 5.90. The third-order valence-electron chi connectivity index (χ3n) is 4.37. The molecule has 0 saturated heterocycles. The first kappa shape index (κ1) is 15.7. The molecule has 0 radical (unpaired) electrons. The van der Waals surface area contributed by atoms with E-state index in [1.807, 2.05) is 48.1 Å². The molecule has 1 aliphatic carbocycles. The minimum Gasteiger partial charge on any atom is -0.319 e. The number of nitrogens with one attached hydrogen (secondary N) is 2. The molecule has 1 saturated carbocycles. The molecule has 5 nitrogen and oxygen atoms in total. The summed E-state index contributed by atoms with van der Waals surface area (Å²) in [6.45, 7) is 0.667. The first-order chi connectivity index (χ1) is 11.3. The Balaban J connectivity index is 1.87. The molecule has 0 bridgehead atoms. The van der Waals surface area contributed by atoms with E-state index < -0.39 is 0 Å². The second kappa shape index (κ2) is 7.42. The molecule has 0 atom stereocenters. The zero-order valence-corrected chi connectivity index (χ0v) is 13.6. The van der Waals surface area contributed by atoms with Crippen molar-refractivity contribution in [3.8, 4) is 5.69 Å². The SMILES string of the molecule is CNCCC(=O)Nc1cc(C2CCCC2)nn1-c1ccccc1. The zero-order chi connectivity index (χ0) is 16.1. The molecule has 1 aliphatic rings. The minimum atomic E-state index is 0.00871. The molecule has 5 heteroatoms. The molecule has 3 rings (SSSR count). The maximum absolute atomic E-state index is 12.1. The molecule has 2 N–H and O–H groups in total. The van der Waals surface area contributed by atoms with E-state index in [0.717, 1.165) is 17.2 Å². The number of amides is 1. The number of hydrogen-bond donors (Lipinski definition) is 2. The lowest BCUT2D eigenvalue weighted by Crippen LogP contribution is -2.20. The van der Waals surface area contributed by atoms with Gasteiger partial charge in [-0.15, -0.1) is 0 Å². The summed E-state index contributed by atoms with van der Waals surface area (Å²) in [6.07, 6.45) is 5.38. The summed E-state index contributed by atoms with van der Waals surface area (Å²) in [5, 5.41) is 10.8. The van der Waals surface area contributed by atoms with Crippen molar-refractivity contribution < 1.29 is 4.79 Å². The van der Waals surface area contributed by atoms with Crippen LogP contribution in [0.1, 0.15) is 43.7 Å². The number of benzene rings is 1. The summed E-state index contributed by atoms with van der Waals surface area (Å²) < 4.78 is 1.85. The lowest BCUT2D eigenvalue weighted by atomic mass is 10.0. The second-order valence-electron chi connectivity index (χ2n) is 6.08. The van der Waals surface area contributed by atoms with Gasteiger partial charge in [-0.3, -0.25) is 4.79 Å². The lowest BCUT2D eigenvalue weighted by molar-refractivity contribution is -0.116. The summed E-state index contributed by atoms with van der Waals surface area (Å²) >= 11 is 0. The smallest absolute Gasteiger partial charge is 0.226 e. The summed E-state index contributed by atoms with van der Waals surface area (Å²) in [7, 11) is 1.85. The van der Waals surface area contributed by atoms with Crippen LogP contribution in [0.5, 0.6) is 0 Å². The van der Waals surface area contributed by atoms with E-state index in [-0.39, 0.29) is 5.91 Å². The van der Waals surface area contributed by atoms with Gasteiger partial charge >= 0.3 is 0 Å². The zero-order valence-electron chi connectivity index (χ0n) is 13.6. The molecule has 1 aromatic heterocycles. The van der Waals surface area contributed by atoms with Crippen molar-refractivity contribution in [2.75, 3.05) is 18.9 Å². The number of para-hydroxylation sites is 1. The highest BCUT2D eigenvalue weighted by atomic mass is 16.1. The van der Waals surface area contributed by atoms with E-state index in [2.05, 4.69) is 10.6 Å². The number of nitrogens with zero attached hydrogens (tertiary/aromatic N) is 2. The van der Waals surface area contributed by atoms with Gasteiger partial charge in [0.2, 0.25) is 5.91 Å². The fraction of sp³-hybridized carbons (Fsp3) is 0.444. The normalized spacial score (nSPS) is 15.0. The van der Waals surface area contributed by atoms with Gasteiger partial charge in [0.15, 0.2) is 0 Å². The Kier molecular flexibility index (Phi) is 5.08. The topological polar surface area (TPSA) is 59.0 Å². The van der Waals surface area contributed by atoms with E-state index in [4.69, 9.17) is 5.10 Å².